The van der Waals surface area contributed by atoms with Crippen LogP contribution in [0.25, 0.3) is 11.3 Å². The van der Waals surface area contributed by atoms with Crippen molar-refractivity contribution in [2.24, 2.45) is 0 Å². The molecule has 0 saturated carbocycles. The standard InChI is InChI=1S/C21H21N3O3/c1-26-16-8-6-14(7-9-16)12-24-13-19-18(11-20(24)25)21(23-22-19)15-4-3-5-17(10-15)27-2/h3-10H,11-13H2,1-2H3,(H,22,23). The van der Waals surface area contributed by atoms with Crippen LogP contribution in [0.1, 0.15) is 16.8 Å². The van der Waals surface area contributed by atoms with Gasteiger partial charge in [-0.2, -0.15) is 5.10 Å². The molecule has 1 aliphatic heterocycles. The van der Waals surface area contributed by atoms with Crippen molar-refractivity contribution in [3.63, 3.8) is 0 Å². The summed E-state index contributed by atoms with van der Waals surface area (Å²) in [5.74, 6) is 1.68. The molecule has 3 aromatic rings. The number of nitrogens with zero attached hydrogens (tertiary/aromatic N) is 2. The van der Waals surface area contributed by atoms with Gasteiger partial charge in [-0.15, -0.1) is 0 Å². The molecular formula is C21H21N3O3. The zero-order valence-corrected chi connectivity index (χ0v) is 15.4. The van der Waals surface area contributed by atoms with Gasteiger partial charge >= 0.3 is 0 Å². The van der Waals surface area contributed by atoms with E-state index in [1.165, 1.54) is 0 Å². The van der Waals surface area contributed by atoms with Gasteiger partial charge in [-0.05, 0) is 29.8 Å². The highest BCUT2D eigenvalue weighted by atomic mass is 16.5. The van der Waals surface area contributed by atoms with Crippen molar-refractivity contribution in [3.05, 3.63) is 65.4 Å². The predicted octanol–water partition coefficient (Wildman–Crippen LogP) is 3.18. The first-order valence-corrected chi connectivity index (χ1v) is 8.79. The minimum absolute atomic E-state index is 0.101. The number of hydrogen-bond acceptors (Lipinski definition) is 4. The van der Waals surface area contributed by atoms with Crippen molar-refractivity contribution in [1.82, 2.24) is 15.1 Å². The fourth-order valence-electron chi connectivity index (χ4n) is 3.37. The minimum Gasteiger partial charge on any atom is -0.497 e. The van der Waals surface area contributed by atoms with Crippen LogP contribution in [-0.4, -0.2) is 35.2 Å². The number of ether oxygens (including phenoxy) is 2. The van der Waals surface area contributed by atoms with Gasteiger partial charge in [0.1, 0.15) is 11.5 Å². The lowest BCUT2D eigenvalue weighted by Gasteiger charge is -2.27. The summed E-state index contributed by atoms with van der Waals surface area (Å²) in [4.78, 5) is 14.6. The van der Waals surface area contributed by atoms with Gasteiger partial charge in [0, 0.05) is 17.7 Å². The van der Waals surface area contributed by atoms with Gasteiger partial charge in [0.05, 0.1) is 38.6 Å². The Morgan fingerprint density at radius 2 is 1.85 bits per heavy atom. The van der Waals surface area contributed by atoms with Gasteiger partial charge in [-0.3, -0.25) is 9.89 Å². The molecule has 0 atom stereocenters. The summed E-state index contributed by atoms with van der Waals surface area (Å²) in [6.45, 7) is 1.09. The Balaban J connectivity index is 1.56. The fourth-order valence-corrected chi connectivity index (χ4v) is 3.37. The molecule has 6 heteroatoms. The molecule has 1 aliphatic rings. The van der Waals surface area contributed by atoms with Crippen LogP contribution in [-0.2, 0) is 24.3 Å². The van der Waals surface area contributed by atoms with Crippen LogP contribution >= 0.6 is 0 Å². The van der Waals surface area contributed by atoms with Crippen LogP contribution in [0.15, 0.2) is 48.5 Å². The third-order valence-electron chi connectivity index (χ3n) is 4.86. The maximum absolute atomic E-state index is 12.7. The summed E-state index contributed by atoms with van der Waals surface area (Å²) in [6.07, 6.45) is 0.342. The molecule has 0 radical (unpaired) electrons. The molecule has 0 unspecified atom stereocenters. The summed E-state index contributed by atoms with van der Waals surface area (Å²) in [7, 11) is 3.28. The summed E-state index contributed by atoms with van der Waals surface area (Å²) in [5.41, 5.74) is 4.80. The van der Waals surface area contributed by atoms with Crippen molar-refractivity contribution >= 4 is 5.91 Å². The average Bonchev–Trinajstić information content (AvgIpc) is 3.11. The largest absolute Gasteiger partial charge is 0.497 e. The third kappa shape index (κ3) is 3.38. The topological polar surface area (TPSA) is 67.4 Å². The molecule has 4 rings (SSSR count). The number of amides is 1. The Morgan fingerprint density at radius 3 is 2.59 bits per heavy atom. The Bertz CT molecular complexity index is 963. The van der Waals surface area contributed by atoms with E-state index in [1.807, 2.05) is 53.4 Å². The molecule has 1 amide bonds. The SMILES string of the molecule is COc1ccc(CN2Cc3[nH]nc(-c4cccc(OC)c4)c3CC2=O)cc1. The molecule has 0 bridgehead atoms. The Morgan fingerprint density at radius 1 is 1.07 bits per heavy atom. The van der Waals surface area contributed by atoms with Crippen LogP contribution < -0.4 is 9.47 Å². The number of H-pyrrole nitrogens is 1. The number of carbonyl (C=O) groups is 1. The van der Waals surface area contributed by atoms with E-state index in [9.17, 15) is 4.79 Å². The van der Waals surface area contributed by atoms with Gasteiger partial charge in [0.25, 0.3) is 0 Å². The number of nitrogens with one attached hydrogen (secondary N) is 1. The van der Waals surface area contributed by atoms with Crippen molar-refractivity contribution < 1.29 is 14.3 Å². The fraction of sp³-hybridized carbons (Fsp3) is 0.238. The highest BCUT2D eigenvalue weighted by molar-refractivity contribution is 5.83. The van der Waals surface area contributed by atoms with Crippen LogP contribution in [0.5, 0.6) is 11.5 Å². The quantitative estimate of drug-likeness (QED) is 0.756. The second-order valence-electron chi connectivity index (χ2n) is 6.54. The molecule has 2 heterocycles. The molecule has 2 aromatic carbocycles. The lowest BCUT2D eigenvalue weighted by molar-refractivity contribution is -0.132. The van der Waals surface area contributed by atoms with Crippen LogP contribution in [0, 0.1) is 0 Å². The first-order valence-electron chi connectivity index (χ1n) is 8.79. The van der Waals surface area contributed by atoms with Crippen LogP contribution in [0.2, 0.25) is 0 Å². The summed E-state index contributed by atoms with van der Waals surface area (Å²) in [6, 6.07) is 15.5. The number of methoxy groups -OCH3 is 2. The number of fused-ring (bicyclic) bond motifs is 1. The summed E-state index contributed by atoms with van der Waals surface area (Å²) in [5, 5.41) is 7.58. The lowest BCUT2D eigenvalue weighted by atomic mass is 9.99. The minimum atomic E-state index is 0.101. The van der Waals surface area contributed by atoms with E-state index < -0.39 is 0 Å². The van der Waals surface area contributed by atoms with Crippen LogP contribution in [0.4, 0.5) is 0 Å². The van der Waals surface area contributed by atoms with E-state index in [-0.39, 0.29) is 5.91 Å². The van der Waals surface area contributed by atoms with Gasteiger partial charge < -0.3 is 14.4 Å². The van der Waals surface area contributed by atoms with E-state index in [4.69, 9.17) is 9.47 Å². The maximum Gasteiger partial charge on any atom is 0.227 e. The summed E-state index contributed by atoms with van der Waals surface area (Å²) < 4.78 is 10.5. The number of benzene rings is 2. The number of rotatable bonds is 5. The highest BCUT2D eigenvalue weighted by Gasteiger charge is 2.28. The van der Waals surface area contributed by atoms with Crippen LogP contribution in [0.3, 0.4) is 0 Å². The maximum atomic E-state index is 12.7. The van der Waals surface area contributed by atoms with Gasteiger partial charge in [-0.25, -0.2) is 0 Å². The predicted molar refractivity (Wildman–Crippen MR) is 102 cm³/mol. The second-order valence-corrected chi connectivity index (χ2v) is 6.54. The monoisotopic (exact) mass is 363 g/mol. The highest BCUT2D eigenvalue weighted by Crippen LogP contribution is 2.31. The molecule has 0 saturated heterocycles. The number of carbonyl (C=O) groups excluding carboxylic acids is 1. The molecule has 0 spiro atoms. The Kier molecular flexibility index (Phi) is 4.54. The lowest BCUT2D eigenvalue weighted by Crippen LogP contribution is -2.35. The second kappa shape index (κ2) is 7.15. The van der Waals surface area contributed by atoms with E-state index in [0.29, 0.717) is 19.5 Å². The number of aromatic nitrogens is 2. The van der Waals surface area contributed by atoms with Gasteiger partial charge in [0.15, 0.2) is 0 Å². The Hall–Kier alpha value is -3.28. The van der Waals surface area contributed by atoms with E-state index in [0.717, 1.165) is 39.6 Å². The molecule has 1 aromatic heterocycles. The molecular weight excluding hydrogens is 342 g/mol. The smallest absolute Gasteiger partial charge is 0.227 e. The first-order chi connectivity index (χ1) is 13.2. The first kappa shape index (κ1) is 17.1. The molecule has 0 aliphatic carbocycles. The number of aromatic amines is 1. The van der Waals surface area contributed by atoms with E-state index >= 15 is 0 Å². The van der Waals surface area contributed by atoms with Crippen molar-refractivity contribution in [1.29, 1.82) is 0 Å². The zero-order chi connectivity index (χ0) is 18.8. The molecule has 0 fully saturated rings. The molecule has 6 nitrogen and oxygen atoms in total. The molecule has 1 N–H and O–H groups in total. The van der Waals surface area contributed by atoms with Gasteiger partial charge in [-0.1, -0.05) is 24.3 Å². The van der Waals surface area contributed by atoms with Crippen molar-refractivity contribution in [2.45, 2.75) is 19.5 Å². The normalized spacial score (nSPS) is 13.4. The van der Waals surface area contributed by atoms with Gasteiger partial charge in [0.2, 0.25) is 5.91 Å². The van der Waals surface area contributed by atoms with E-state index in [2.05, 4.69) is 10.2 Å². The molecule has 27 heavy (non-hydrogen) atoms. The Labute approximate surface area is 157 Å². The van der Waals surface area contributed by atoms with Crippen molar-refractivity contribution in [2.75, 3.05) is 14.2 Å². The van der Waals surface area contributed by atoms with Crippen molar-refractivity contribution in [3.8, 4) is 22.8 Å². The third-order valence-corrected chi connectivity index (χ3v) is 4.86. The number of hydrogen-bond donors (Lipinski definition) is 1. The summed E-state index contributed by atoms with van der Waals surface area (Å²) >= 11 is 0. The molecule has 138 valence electrons. The average molecular weight is 363 g/mol. The zero-order valence-electron chi connectivity index (χ0n) is 15.4. The van der Waals surface area contributed by atoms with E-state index in [1.54, 1.807) is 14.2 Å².